The van der Waals surface area contributed by atoms with Crippen molar-refractivity contribution in [2.45, 2.75) is 50.8 Å². The Balaban J connectivity index is 1.60. The molecule has 2 aromatic rings. The number of aromatic nitrogens is 2. The molecule has 1 fully saturated rings. The van der Waals surface area contributed by atoms with Gasteiger partial charge in [-0.15, -0.1) is 10.2 Å². The number of aryl methyl sites for hydroxylation is 1. The minimum Gasteiger partial charge on any atom is -0.411 e. The highest BCUT2D eigenvalue weighted by atomic mass is 32.2. The number of benzene rings is 1. The molecule has 0 saturated carbocycles. The number of likely N-dealkylation sites (tertiary alicyclic amines) is 1. The van der Waals surface area contributed by atoms with Crippen LogP contribution in [-0.2, 0) is 4.79 Å². The monoisotopic (exact) mass is 345 g/mol. The zero-order valence-electron chi connectivity index (χ0n) is 14.2. The molecule has 1 aliphatic rings. The summed E-state index contributed by atoms with van der Waals surface area (Å²) in [6.07, 6.45) is 4.46. The molecule has 0 unspecified atom stereocenters. The molecule has 1 saturated heterocycles. The third-order valence-electron chi connectivity index (χ3n) is 4.41. The zero-order chi connectivity index (χ0) is 16.9. The summed E-state index contributed by atoms with van der Waals surface area (Å²) in [7, 11) is 0. The Labute approximate surface area is 146 Å². The van der Waals surface area contributed by atoms with Gasteiger partial charge in [-0.25, -0.2) is 0 Å². The summed E-state index contributed by atoms with van der Waals surface area (Å²) in [6.45, 7) is 5.04. The van der Waals surface area contributed by atoms with Gasteiger partial charge in [0.15, 0.2) is 0 Å². The third-order valence-corrected chi connectivity index (χ3v) is 5.21. The Morgan fingerprint density at radius 2 is 2.25 bits per heavy atom. The van der Waals surface area contributed by atoms with Crippen molar-refractivity contribution < 1.29 is 9.21 Å². The summed E-state index contributed by atoms with van der Waals surface area (Å²) < 4.78 is 5.69. The lowest BCUT2D eigenvalue weighted by Gasteiger charge is -2.35. The van der Waals surface area contributed by atoms with Gasteiger partial charge in [0.05, 0.1) is 5.75 Å². The van der Waals surface area contributed by atoms with Crippen molar-refractivity contribution >= 4 is 17.7 Å². The van der Waals surface area contributed by atoms with Gasteiger partial charge in [0.1, 0.15) is 0 Å². The van der Waals surface area contributed by atoms with Gasteiger partial charge in [-0.3, -0.25) is 4.79 Å². The number of hydrogen-bond donors (Lipinski definition) is 0. The Kier molecular flexibility index (Phi) is 5.56. The highest BCUT2D eigenvalue weighted by molar-refractivity contribution is 7.99. The summed E-state index contributed by atoms with van der Waals surface area (Å²) in [5, 5.41) is 8.59. The van der Waals surface area contributed by atoms with Gasteiger partial charge >= 0.3 is 0 Å². The van der Waals surface area contributed by atoms with Gasteiger partial charge in [-0.1, -0.05) is 36.4 Å². The lowest BCUT2D eigenvalue weighted by molar-refractivity contribution is -0.132. The number of piperidine rings is 1. The highest BCUT2D eigenvalue weighted by Crippen LogP contribution is 2.25. The Bertz CT molecular complexity index is 701. The first-order valence-corrected chi connectivity index (χ1v) is 9.48. The van der Waals surface area contributed by atoms with E-state index in [9.17, 15) is 4.79 Å². The van der Waals surface area contributed by atoms with Crippen molar-refractivity contribution in [3.05, 3.63) is 29.8 Å². The number of nitrogens with zero attached hydrogens (tertiary/aromatic N) is 3. The summed E-state index contributed by atoms with van der Waals surface area (Å²) in [4.78, 5) is 14.5. The van der Waals surface area contributed by atoms with Crippen LogP contribution in [0.2, 0.25) is 0 Å². The van der Waals surface area contributed by atoms with Gasteiger partial charge in [0, 0.05) is 18.2 Å². The summed E-state index contributed by atoms with van der Waals surface area (Å²) >= 11 is 1.32. The minimum absolute atomic E-state index is 0.168. The van der Waals surface area contributed by atoms with Gasteiger partial charge in [0.25, 0.3) is 5.22 Å². The molecule has 1 atom stereocenters. The van der Waals surface area contributed by atoms with E-state index in [1.807, 2.05) is 36.1 Å². The van der Waals surface area contributed by atoms with Crippen molar-refractivity contribution in [3.63, 3.8) is 0 Å². The van der Waals surface area contributed by atoms with Crippen LogP contribution in [0.5, 0.6) is 0 Å². The molecule has 0 N–H and O–H groups in total. The van der Waals surface area contributed by atoms with Gasteiger partial charge in [0.2, 0.25) is 11.8 Å². The number of hydrogen-bond acceptors (Lipinski definition) is 5. The summed E-state index contributed by atoms with van der Waals surface area (Å²) in [5.74, 6) is 1.02. The molecule has 24 heavy (non-hydrogen) atoms. The second kappa shape index (κ2) is 7.83. The molecular formula is C18H23N3O2S. The molecule has 0 radical (unpaired) electrons. The molecule has 2 heterocycles. The van der Waals surface area contributed by atoms with Gasteiger partial charge in [-0.05, 0) is 44.7 Å². The lowest BCUT2D eigenvalue weighted by Crippen LogP contribution is -2.44. The summed E-state index contributed by atoms with van der Waals surface area (Å²) in [6, 6.07) is 8.33. The summed E-state index contributed by atoms with van der Waals surface area (Å²) in [5.41, 5.74) is 2.05. The molecule has 0 bridgehead atoms. The molecule has 1 aliphatic heterocycles. The lowest BCUT2D eigenvalue weighted by atomic mass is 10.0. The van der Waals surface area contributed by atoms with Crippen LogP contribution in [0.15, 0.2) is 33.9 Å². The van der Waals surface area contributed by atoms with Gasteiger partial charge < -0.3 is 9.32 Å². The first-order valence-electron chi connectivity index (χ1n) is 8.50. The topological polar surface area (TPSA) is 59.2 Å². The Morgan fingerprint density at radius 1 is 1.38 bits per heavy atom. The smallest absolute Gasteiger partial charge is 0.277 e. The van der Waals surface area contributed by atoms with Crippen LogP contribution >= 0.6 is 11.8 Å². The highest BCUT2D eigenvalue weighted by Gasteiger charge is 2.25. The van der Waals surface area contributed by atoms with E-state index < -0.39 is 0 Å². The molecule has 128 valence electrons. The first kappa shape index (κ1) is 17.0. The molecule has 5 nitrogen and oxygen atoms in total. The van der Waals surface area contributed by atoms with Crippen LogP contribution in [0.1, 0.15) is 38.2 Å². The van der Waals surface area contributed by atoms with Crippen LogP contribution < -0.4 is 0 Å². The fourth-order valence-corrected chi connectivity index (χ4v) is 3.77. The van der Waals surface area contributed by atoms with Crippen LogP contribution in [0.3, 0.4) is 0 Å². The normalized spacial score (nSPS) is 17.9. The molecule has 0 spiro atoms. The molecule has 6 heteroatoms. The number of amides is 1. The second-order valence-electron chi connectivity index (χ2n) is 6.18. The van der Waals surface area contributed by atoms with Crippen molar-refractivity contribution in [1.29, 1.82) is 0 Å². The fourth-order valence-electron chi connectivity index (χ4n) is 3.12. The maximum atomic E-state index is 12.5. The van der Waals surface area contributed by atoms with E-state index in [4.69, 9.17) is 4.42 Å². The van der Waals surface area contributed by atoms with Crippen LogP contribution in [0.4, 0.5) is 0 Å². The zero-order valence-corrected chi connectivity index (χ0v) is 15.0. The largest absolute Gasteiger partial charge is 0.411 e. The van der Waals surface area contributed by atoms with Crippen molar-refractivity contribution in [1.82, 2.24) is 15.1 Å². The number of thioether (sulfide) groups is 1. The molecular weight excluding hydrogens is 322 g/mol. The van der Waals surface area contributed by atoms with Crippen molar-refractivity contribution in [2.24, 2.45) is 0 Å². The second-order valence-corrected chi connectivity index (χ2v) is 7.10. The van der Waals surface area contributed by atoms with E-state index in [0.29, 0.717) is 22.9 Å². The van der Waals surface area contributed by atoms with E-state index in [1.165, 1.54) is 18.2 Å². The number of rotatable bonds is 5. The van der Waals surface area contributed by atoms with Crippen molar-refractivity contribution in [2.75, 3.05) is 12.3 Å². The fraction of sp³-hybridized carbons (Fsp3) is 0.500. The SMILES string of the molecule is CC[C@H]1CCCCN1C(=O)CSc1nnc(-c2cccc(C)c2)o1. The van der Waals surface area contributed by atoms with E-state index in [-0.39, 0.29) is 5.91 Å². The van der Waals surface area contributed by atoms with Crippen molar-refractivity contribution in [3.8, 4) is 11.5 Å². The van der Waals surface area contributed by atoms with E-state index >= 15 is 0 Å². The standard InChI is InChI=1S/C18H23N3O2S/c1-3-15-9-4-5-10-21(15)16(22)12-24-18-20-19-17(23-18)14-8-6-7-13(2)11-14/h6-8,11,15H,3-5,9-10,12H2,1-2H3/t15-/m0/s1. The molecule has 1 aromatic carbocycles. The average molecular weight is 345 g/mol. The quantitative estimate of drug-likeness (QED) is 0.769. The van der Waals surface area contributed by atoms with E-state index in [0.717, 1.165) is 36.9 Å². The maximum absolute atomic E-state index is 12.5. The molecule has 3 rings (SSSR count). The van der Waals surface area contributed by atoms with Gasteiger partial charge in [-0.2, -0.15) is 0 Å². The Morgan fingerprint density at radius 3 is 3.04 bits per heavy atom. The van der Waals surface area contributed by atoms with Crippen LogP contribution in [-0.4, -0.2) is 39.3 Å². The molecule has 1 amide bonds. The molecule has 0 aliphatic carbocycles. The van der Waals surface area contributed by atoms with Crippen LogP contribution in [0, 0.1) is 6.92 Å². The number of carbonyl (C=O) groups is 1. The van der Waals surface area contributed by atoms with Crippen LogP contribution in [0.25, 0.3) is 11.5 Å². The first-order chi connectivity index (χ1) is 11.7. The molecule has 1 aromatic heterocycles. The predicted octanol–water partition coefficient (Wildman–Crippen LogP) is 3.93. The van der Waals surface area contributed by atoms with E-state index in [2.05, 4.69) is 17.1 Å². The average Bonchev–Trinajstić information content (AvgIpc) is 3.08. The Hall–Kier alpha value is -1.82. The predicted molar refractivity (Wildman–Crippen MR) is 94.8 cm³/mol. The minimum atomic E-state index is 0.168. The van der Waals surface area contributed by atoms with E-state index in [1.54, 1.807) is 0 Å². The number of carbonyl (C=O) groups excluding carboxylic acids is 1. The maximum Gasteiger partial charge on any atom is 0.277 e. The third kappa shape index (κ3) is 3.98.